The summed E-state index contributed by atoms with van der Waals surface area (Å²) in [6, 6.07) is 14.6. The van der Waals surface area contributed by atoms with Crippen LogP contribution in [0.5, 0.6) is 11.5 Å². The fourth-order valence-corrected chi connectivity index (χ4v) is 5.68. The average Bonchev–Trinajstić information content (AvgIpc) is 3.61. The van der Waals surface area contributed by atoms with Crippen LogP contribution in [-0.4, -0.2) is 59.9 Å². The van der Waals surface area contributed by atoms with Gasteiger partial charge in [-0.2, -0.15) is 0 Å². The molecule has 202 valence electrons. The number of benzene rings is 2. The molecular weight excluding hydrogens is 528 g/mol. The van der Waals surface area contributed by atoms with E-state index in [1.165, 1.54) is 23.3 Å². The molecule has 1 fully saturated rings. The third-order valence-corrected chi connectivity index (χ3v) is 8.01. The van der Waals surface area contributed by atoms with E-state index in [2.05, 4.69) is 5.32 Å². The molecule has 1 aliphatic rings. The van der Waals surface area contributed by atoms with Crippen molar-refractivity contribution in [2.24, 2.45) is 0 Å². The molecule has 2 heterocycles. The maximum Gasteiger partial charge on any atom is 0.255 e. The summed E-state index contributed by atoms with van der Waals surface area (Å²) in [6.07, 6.45) is -1.74. The van der Waals surface area contributed by atoms with E-state index in [4.69, 9.17) is 21.1 Å². The van der Waals surface area contributed by atoms with Crippen molar-refractivity contribution in [2.45, 2.75) is 44.1 Å². The zero-order chi connectivity index (χ0) is 27.2. The third kappa shape index (κ3) is 6.30. The number of carbonyl (C=O) groups excluding carboxylic acids is 2. The van der Waals surface area contributed by atoms with E-state index >= 15 is 0 Å². The molecule has 3 atom stereocenters. The van der Waals surface area contributed by atoms with Crippen LogP contribution in [0.15, 0.2) is 53.9 Å². The van der Waals surface area contributed by atoms with Gasteiger partial charge >= 0.3 is 0 Å². The number of nitrogens with zero attached hydrogens (tertiary/aromatic N) is 1. The Morgan fingerprint density at radius 1 is 1.13 bits per heavy atom. The first-order valence-corrected chi connectivity index (χ1v) is 13.5. The Hall–Kier alpha value is -3.11. The van der Waals surface area contributed by atoms with Gasteiger partial charge in [0.1, 0.15) is 11.5 Å². The number of hydrogen-bond acceptors (Lipinski definition) is 7. The maximum atomic E-state index is 13.1. The maximum absolute atomic E-state index is 13.1. The van der Waals surface area contributed by atoms with E-state index in [0.29, 0.717) is 35.9 Å². The van der Waals surface area contributed by atoms with Gasteiger partial charge in [0.05, 0.1) is 26.8 Å². The largest absolute Gasteiger partial charge is 0.497 e. The SMILES string of the molecule is COc1ccc(C2CCCN2C(=O)[C@H](O)[C@@H](O)C(=O)NCc2cc(Cc3ccccc3Cl)cs2)c(OC)c1. The van der Waals surface area contributed by atoms with Crippen LogP contribution in [0.4, 0.5) is 0 Å². The lowest BCUT2D eigenvalue weighted by Gasteiger charge is -2.29. The molecule has 0 bridgehead atoms. The van der Waals surface area contributed by atoms with E-state index < -0.39 is 24.0 Å². The summed E-state index contributed by atoms with van der Waals surface area (Å²) in [5.74, 6) is -0.335. The fraction of sp³-hybridized carbons (Fsp3) is 0.357. The van der Waals surface area contributed by atoms with Crippen LogP contribution in [0.25, 0.3) is 0 Å². The van der Waals surface area contributed by atoms with Crippen LogP contribution in [0.2, 0.25) is 5.02 Å². The van der Waals surface area contributed by atoms with Gasteiger partial charge in [0, 0.05) is 28.1 Å². The first kappa shape index (κ1) is 27.9. The number of aliphatic hydroxyl groups is 2. The number of aliphatic hydroxyl groups excluding tert-OH is 2. The molecule has 3 N–H and O–H groups in total. The first-order chi connectivity index (χ1) is 18.3. The summed E-state index contributed by atoms with van der Waals surface area (Å²) in [6.45, 7) is 0.562. The predicted molar refractivity (Wildman–Crippen MR) is 146 cm³/mol. The smallest absolute Gasteiger partial charge is 0.255 e. The topological polar surface area (TPSA) is 108 Å². The number of methoxy groups -OCH3 is 2. The van der Waals surface area contributed by atoms with Gasteiger partial charge in [-0.05, 0) is 60.0 Å². The molecular formula is C28H31ClN2O6S. The van der Waals surface area contributed by atoms with Crippen molar-refractivity contribution >= 4 is 34.8 Å². The molecule has 1 aliphatic heterocycles. The Morgan fingerprint density at radius 3 is 2.66 bits per heavy atom. The number of amides is 2. The molecule has 0 saturated carbocycles. The number of rotatable bonds is 10. The monoisotopic (exact) mass is 558 g/mol. The van der Waals surface area contributed by atoms with Crippen LogP contribution >= 0.6 is 22.9 Å². The minimum Gasteiger partial charge on any atom is -0.497 e. The molecule has 8 nitrogen and oxygen atoms in total. The van der Waals surface area contributed by atoms with E-state index in [-0.39, 0.29) is 12.6 Å². The van der Waals surface area contributed by atoms with Crippen LogP contribution in [-0.2, 0) is 22.6 Å². The summed E-state index contributed by atoms with van der Waals surface area (Å²) in [4.78, 5) is 28.1. The highest BCUT2D eigenvalue weighted by atomic mass is 35.5. The highest BCUT2D eigenvalue weighted by Gasteiger charge is 2.39. The summed E-state index contributed by atoms with van der Waals surface area (Å²) < 4.78 is 10.7. The minimum absolute atomic E-state index is 0.166. The van der Waals surface area contributed by atoms with Crippen LogP contribution in [0.3, 0.4) is 0 Å². The fourth-order valence-electron chi connectivity index (χ4n) is 4.65. The zero-order valence-electron chi connectivity index (χ0n) is 21.2. The Bertz CT molecular complexity index is 1280. The highest BCUT2D eigenvalue weighted by molar-refractivity contribution is 7.10. The van der Waals surface area contributed by atoms with Crippen molar-refractivity contribution in [1.29, 1.82) is 0 Å². The number of nitrogens with one attached hydrogen (secondary N) is 1. The van der Waals surface area contributed by atoms with Crippen molar-refractivity contribution in [3.63, 3.8) is 0 Å². The van der Waals surface area contributed by atoms with E-state index in [9.17, 15) is 19.8 Å². The molecule has 1 unspecified atom stereocenters. The summed E-state index contributed by atoms with van der Waals surface area (Å²) in [5, 5.41) is 26.4. The number of thiophene rings is 1. The van der Waals surface area contributed by atoms with Gasteiger partial charge in [0.2, 0.25) is 0 Å². The lowest BCUT2D eigenvalue weighted by atomic mass is 10.0. The first-order valence-electron chi connectivity index (χ1n) is 12.3. The zero-order valence-corrected chi connectivity index (χ0v) is 22.8. The molecule has 0 radical (unpaired) electrons. The standard InChI is InChI=1S/C28H31ClN2O6S/c1-36-19-9-10-21(24(14-19)37-2)23-8-5-11-31(23)28(35)26(33)25(32)27(34)30-15-20-13-17(16-38-20)12-18-6-3-4-7-22(18)29/h3-4,6-7,9-10,13-14,16,23,25-26,32-33H,5,8,11-12,15H2,1-2H3,(H,30,34)/t23?,25-,26-/m1/s1. The highest BCUT2D eigenvalue weighted by Crippen LogP contribution is 2.39. The molecule has 10 heteroatoms. The number of ether oxygens (including phenoxy) is 2. The minimum atomic E-state index is -1.90. The van der Waals surface area contributed by atoms with E-state index in [1.807, 2.05) is 41.8 Å². The third-order valence-electron chi connectivity index (χ3n) is 6.65. The van der Waals surface area contributed by atoms with Crippen molar-refractivity contribution in [3.8, 4) is 11.5 Å². The van der Waals surface area contributed by atoms with Gasteiger partial charge in [0.25, 0.3) is 11.8 Å². The Kier molecular flexibility index (Phi) is 9.27. The lowest BCUT2D eigenvalue weighted by molar-refractivity contribution is -0.153. The van der Waals surface area contributed by atoms with Crippen molar-refractivity contribution in [2.75, 3.05) is 20.8 Å². The Balaban J connectivity index is 1.35. The molecule has 2 amide bonds. The predicted octanol–water partition coefficient (Wildman–Crippen LogP) is 3.71. The van der Waals surface area contributed by atoms with Gasteiger partial charge in [0.15, 0.2) is 12.2 Å². The van der Waals surface area contributed by atoms with Gasteiger partial charge in [-0.3, -0.25) is 9.59 Å². The van der Waals surface area contributed by atoms with Crippen molar-refractivity contribution in [3.05, 3.63) is 80.5 Å². The molecule has 1 saturated heterocycles. The molecule has 4 rings (SSSR count). The molecule has 1 aromatic heterocycles. The molecule has 0 aliphatic carbocycles. The number of likely N-dealkylation sites (tertiary alicyclic amines) is 1. The number of hydrogen-bond donors (Lipinski definition) is 3. The quantitative estimate of drug-likeness (QED) is 0.350. The number of halogens is 1. The van der Waals surface area contributed by atoms with Crippen molar-refractivity contribution in [1.82, 2.24) is 10.2 Å². The van der Waals surface area contributed by atoms with Gasteiger partial charge in [-0.1, -0.05) is 29.8 Å². The van der Waals surface area contributed by atoms with Gasteiger partial charge in [-0.25, -0.2) is 0 Å². The van der Waals surface area contributed by atoms with Gasteiger partial charge < -0.3 is 29.9 Å². The second-order valence-electron chi connectivity index (χ2n) is 9.09. The van der Waals surface area contributed by atoms with Gasteiger partial charge in [-0.15, -0.1) is 11.3 Å². The second kappa shape index (κ2) is 12.6. The lowest BCUT2D eigenvalue weighted by Crippen LogP contribution is -2.50. The van der Waals surface area contributed by atoms with Crippen LogP contribution < -0.4 is 14.8 Å². The Morgan fingerprint density at radius 2 is 1.92 bits per heavy atom. The molecule has 3 aromatic rings. The van der Waals surface area contributed by atoms with E-state index in [1.54, 1.807) is 19.2 Å². The molecule has 38 heavy (non-hydrogen) atoms. The second-order valence-corrected chi connectivity index (χ2v) is 10.5. The van der Waals surface area contributed by atoms with Crippen molar-refractivity contribution < 1.29 is 29.3 Å². The average molecular weight is 559 g/mol. The summed E-state index contributed by atoms with van der Waals surface area (Å²) >= 11 is 7.71. The van der Waals surface area contributed by atoms with E-state index in [0.717, 1.165) is 28.0 Å². The normalized spacial score (nSPS) is 16.7. The molecule has 0 spiro atoms. The Labute approximate surface area is 230 Å². The summed E-state index contributed by atoms with van der Waals surface area (Å²) in [5.41, 5.74) is 2.83. The summed E-state index contributed by atoms with van der Waals surface area (Å²) in [7, 11) is 3.09. The van der Waals surface area contributed by atoms with Crippen LogP contribution in [0, 0.1) is 0 Å². The molecule has 2 aromatic carbocycles. The number of carbonyl (C=O) groups is 2. The van der Waals surface area contributed by atoms with Crippen LogP contribution in [0.1, 0.15) is 40.5 Å².